The molecule has 2 aromatic rings. The highest BCUT2D eigenvalue weighted by molar-refractivity contribution is 9.11. The van der Waals surface area contributed by atoms with Crippen LogP contribution < -0.4 is 5.32 Å². The van der Waals surface area contributed by atoms with Gasteiger partial charge in [0.05, 0.1) is 16.7 Å². The van der Waals surface area contributed by atoms with Crippen molar-refractivity contribution in [2.24, 2.45) is 0 Å². The van der Waals surface area contributed by atoms with E-state index in [9.17, 15) is 0 Å². The number of halogens is 2. The summed E-state index contributed by atoms with van der Waals surface area (Å²) >= 11 is 6.86. The minimum absolute atomic E-state index is 0.678. The average molecular weight is 371 g/mol. The molecule has 0 aliphatic carbocycles. The van der Waals surface area contributed by atoms with E-state index in [0.717, 1.165) is 26.9 Å². The Balaban J connectivity index is 2.11. The van der Waals surface area contributed by atoms with Gasteiger partial charge in [0.25, 0.3) is 0 Å². The van der Waals surface area contributed by atoms with Crippen LogP contribution in [0.5, 0.6) is 0 Å². The lowest BCUT2D eigenvalue weighted by Gasteiger charge is -2.10. The van der Waals surface area contributed by atoms with Crippen molar-refractivity contribution in [3.05, 3.63) is 50.8 Å². The lowest BCUT2D eigenvalue weighted by atomic mass is 10.1. The van der Waals surface area contributed by atoms with Crippen LogP contribution in [-0.4, -0.2) is 9.97 Å². The number of pyridine rings is 2. The molecule has 2 aromatic heterocycles. The van der Waals surface area contributed by atoms with Crippen molar-refractivity contribution in [3.63, 3.8) is 0 Å². The molecule has 0 aliphatic heterocycles. The van der Waals surface area contributed by atoms with Crippen LogP contribution in [0.4, 0.5) is 5.82 Å². The molecule has 0 atom stereocenters. The Morgan fingerprint density at radius 2 is 2.11 bits per heavy atom. The van der Waals surface area contributed by atoms with Crippen LogP contribution in [0.1, 0.15) is 18.2 Å². The Kier molecular flexibility index (Phi) is 4.72. The molecule has 2 rings (SSSR count). The number of rotatable bonds is 4. The zero-order valence-electron chi connectivity index (χ0n) is 9.95. The number of nitrogens with zero attached hydrogens (tertiary/aromatic N) is 2. The largest absolute Gasteiger partial charge is 0.363 e. The van der Waals surface area contributed by atoms with Crippen molar-refractivity contribution in [3.8, 4) is 0 Å². The summed E-state index contributed by atoms with van der Waals surface area (Å²) in [6.45, 7) is 2.81. The highest BCUT2D eigenvalue weighted by Gasteiger charge is 2.05. The molecule has 0 radical (unpaired) electrons. The predicted octanol–water partition coefficient (Wildman–Crippen LogP) is 4.18. The Labute approximate surface area is 123 Å². The fraction of sp³-hybridized carbons (Fsp3) is 0.231. The molecule has 94 valence electrons. The van der Waals surface area contributed by atoms with Gasteiger partial charge in [0, 0.05) is 16.9 Å². The van der Waals surface area contributed by atoms with Crippen molar-refractivity contribution in [2.45, 2.75) is 19.9 Å². The zero-order valence-corrected chi connectivity index (χ0v) is 13.1. The van der Waals surface area contributed by atoms with Crippen molar-refractivity contribution in [1.29, 1.82) is 0 Å². The van der Waals surface area contributed by atoms with Gasteiger partial charge in [-0.05, 0) is 56.0 Å². The first-order chi connectivity index (χ1) is 8.70. The number of aryl methyl sites for hydroxylation is 1. The Morgan fingerprint density at radius 1 is 1.28 bits per heavy atom. The van der Waals surface area contributed by atoms with Gasteiger partial charge in [-0.2, -0.15) is 0 Å². The summed E-state index contributed by atoms with van der Waals surface area (Å²) in [6, 6.07) is 6.04. The maximum Gasteiger partial charge on any atom is 0.140 e. The van der Waals surface area contributed by atoms with Crippen LogP contribution in [0.3, 0.4) is 0 Å². The van der Waals surface area contributed by atoms with E-state index in [4.69, 9.17) is 0 Å². The SMILES string of the molecule is CCc1cccnc1CNc1ncc(Br)cc1Br. The monoisotopic (exact) mass is 369 g/mol. The van der Waals surface area contributed by atoms with Crippen molar-refractivity contribution in [1.82, 2.24) is 9.97 Å². The van der Waals surface area contributed by atoms with Crippen LogP contribution in [0, 0.1) is 0 Å². The van der Waals surface area contributed by atoms with Crippen molar-refractivity contribution in [2.75, 3.05) is 5.32 Å². The fourth-order valence-electron chi connectivity index (χ4n) is 1.66. The molecule has 1 N–H and O–H groups in total. The molecule has 0 bridgehead atoms. The predicted molar refractivity (Wildman–Crippen MR) is 80.6 cm³/mol. The van der Waals surface area contributed by atoms with E-state index in [1.165, 1.54) is 5.56 Å². The van der Waals surface area contributed by atoms with Gasteiger partial charge in [0.2, 0.25) is 0 Å². The summed E-state index contributed by atoms with van der Waals surface area (Å²) in [5, 5.41) is 3.29. The topological polar surface area (TPSA) is 37.8 Å². The standard InChI is InChI=1S/C13H13Br2N3/c1-2-9-4-3-5-16-12(9)8-18-13-11(15)6-10(14)7-17-13/h3-7H,2,8H2,1H3,(H,17,18). The van der Waals surface area contributed by atoms with Gasteiger partial charge in [-0.3, -0.25) is 4.98 Å². The highest BCUT2D eigenvalue weighted by Crippen LogP contribution is 2.23. The fourth-order valence-corrected chi connectivity index (χ4v) is 2.79. The molecule has 0 spiro atoms. The second kappa shape index (κ2) is 6.29. The smallest absolute Gasteiger partial charge is 0.140 e. The van der Waals surface area contributed by atoms with Gasteiger partial charge >= 0.3 is 0 Å². The molecule has 0 amide bonds. The third-order valence-corrected chi connectivity index (χ3v) is 3.63. The molecular weight excluding hydrogens is 358 g/mol. The first kappa shape index (κ1) is 13.5. The Morgan fingerprint density at radius 3 is 2.83 bits per heavy atom. The first-order valence-corrected chi connectivity index (χ1v) is 7.27. The number of hydrogen-bond acceptors (Lipinski definition) is 3. The molecule has 0 aromatic carbocycles. The van der Waals surface area contributed by atoms with Gasteiger partial charge in [0.1, 0.15) is 5.82 Å². The normalized spacial score (nSPS) is 10.4. The molecule has 3 nitrogen and oxygen atoms in total. The van der Waals surface area contributed by atoms with E-state index in [0.29, 0.717) is 6.54 Å². The van der Waals surface area contributed by atoms with E-state index >= 15 is 0 Å². The average Bonchev–Trinajstić information content (AvgIpc) is 2.38. The quantitative estimate of drug-likeness (QED) is 0.877. The lowest BCUT2D eigenvalue weighted by molar-refractivity contribution is 0.963. The third-order valence-electron chi connectivity index (χ3n) is 2.60. The molecule has 2 heterocycles. The molecular formula is C13H13Br2N3. The number of hydrogen-bond donors (Lipinski definition) is 1. The summed E-state index contributed by atoms with van der Waals surface area (Å²) in [5.41, 5.74) is 2.33. The molecule has 0 fully saturated rings. The minimum Gasteiger partial charge on any atom is -0.363 e. The minimum atomic E-state index is 0.678. The van der Waals surface area contributed by atoms with Crippen molar-refractivity contribution >= 4 is 37.7 Å². The van der Waals surface area contributed by atoms with Gasteiger partial charge in [-0.15, -0.1) is 0 Å². The van der Waals surface area contributed by atoms with Crippen LogP contribution >= 0.6 is 31.9 Å². The highest BCUT2D eigenvalue weighted by atomic mass is 79.9. The van der Waals surface area contributed by atoms with Gasteiger partial charge in [0.15, 0.2) is 0 Å². The second-order valence-corrected chi connectivity index (χ2v) is 5.57. The Bertz CT molecular complexity index is 544. The third kappa shape index (κ3) is 3.29. The van der Waals surface area contributed by atoms with E-state index in [2.05, 4.69) is 60.1 Å². The first-order valence-electron chi connectivity index (χ1n) is 5.68. The number of aromatic nitrogens is 2. The summed E-state index contributed by atoms with van der Waals surface area (Å²) in [7, 11) is 0. The van der Waals surface area contributed by atoms with E-state index < -0.39 is 0 Å². The summed E-state index contributed by atoms with van der Waals surface area (Å²) < 4.78 is 1.89. The van der Waals surface area contributed by atoms with Gasteiger partial charge in [-0.1, -0.05) is 13.0 Å². The summed E-state index contributed by atoms with van der Waals surface area (Å²) in [6.07, 6.45) is 4.58. The molecule has 0 saturated heterocycles. The Hall–Kier alpha value is -0.940. The van der Waals surface area contributed by atoms with Gasteiger partial charge in [-0.25, -0.2) is 4.98 Å². The maximum atomic E-state index is 4.40. The second-order valence-electron chi connectivity index (χ2n) is 3.80. The molecule has 0 aliphatic rings. The van der Waals surface area contributed by atoms with Crippen LogP contribution in [0.2, 0.25) is 0 Å². The zero-order chi connectivity index (χ0) is 13.0. The van der Waals surface area contributed by atoms with Crippen LogP contribution in [0.25, 0.3) is 0 Å². The van der Waals surface area contributed by atoms with Crippen LogP contribution in [0.15, 0.2) is 39.5 Å². The maximum absolute atomic E-state index is 4.40. The van der Waals surface area contributed by atoms with E-state index in [1.807, 2.05) is 18.3 Å². The number of nitrogens with one attached hydrogen (secondary N) is 1. The summed E-state index contributed by atoms with van der Waals surface area (Å²) in [4.78, 5) is 8.71. The van der Waals surface area contributed by atoms with Crippen molar-refractivity contribution < 1.29 is 0 Å². The molecule has 5 heteroatoms. The van der Waals surface area contributed by atoms with Gasteiger partial charge < -0.3 is 5.32 Å². The van der Waals surface area contributed by atoms with E-state index in [-0.39, 0.29) is 0 Å². The lowest BCUT2D eigenvalue weighted by Crippen LogP contribution is -2.06. The molecule has 18 heavy (non-hydrogen) atoms. The number of anilines is 1. The molecule has 0 unspecified atom stereocenters. The van der Waals surface area contributed by atoms with E-state index in [1.54, 1.807) is 6.20 Å². The molecule has 0 saturated carbocycles. The van der Waals surface area contributed by atoms with Crippen LogP contribution in [-0.2, 0) is 13.0 Å². The summed E-state index contributed by atoms with van der Waals surface area (Å²) in [5.74, 6) is 0.825.